The number of quaternary nitrogens is 2. The lowest BCUT2D eigenvalue weighted by molar-refractivity contribution is -1.02. The summed E-state index contributed by atoms with van der Waals surface area (Å²) in [7, 11) is 0. The lowest BCUT2D eigenvalue weighted by Gasteiger charge is -2.29. The van der Waals surface area contributed by atoms with Crippen molar-refractivity contribution in [1.29, 1.82) is 0 Å². The van der Waals surface area contributed by atoms with Gasteiger partial charge in [-0.3, -0.25) is 4.79 Å². The van der Waals surface area contributed by atoms with Crippen molar-refractivity contribution in [2.75, 3.05) is 32.7 Å². The van der Waals surface area contributed by atoms with E-state index in [9.17, 15) is 4.79 Å². The fourth-order valence-electron chi connectivity index (χ4n) is 3.82. The van der Waals surface area contributed by atoms with E-state index < -0.39 is 0 Å². The van der Waals surface area contributed by atoms with Crippen LogP contribution in [0.15, 0.2) is 53.6 Å². The first kappa shape index (κ1) is 22.2. The standard InChI is InChI=1S/C25H34N4O/c1-20-5-7-22(8-6-20)18-28-13-15-29(16-14-28)19-24(30)27-26-17-21-9-11-23(12-10-21)25(2,3)4/h5-12,17H,13-16,18-19H2,1-4H3,(H,27,30)/p+2/b26-17-. The van der Waals surface area contributed by atoms with E-state index >= 15 is 0 Å². The monoisotopic (exact) mass is 408 g/mol. The molecular weight excluding hydrogens is 372 g/mol. The van der Waals surface area contributed by atoms with Gasteiger partial charge in [-0.15, -0.1) is 0 Å². The SMILES string of the molecule is Cc1ccc(C[NH+]2CC[NH+](CC(=O)N/N=C\c3ccc(C(C)(C)C)cc3)CC2)cc1. The quantitative estimate of drug-likeness (QED) is 0.479. The van der Waals surface area contributed by atoms with E-state index in [1.165, 1.54) is 21.6 Å². The van der Waals surface area contributed by atoms with Gasteiger partial charge in [0.1, 0.15) is 32.7 Å². The van der Waals surface area contributed by atoms with Gasteiger partial charge in [0, 0.05) is 5.56 Å². The molecule has 0 atom stereocenters. The maximum absolute atomic E-state index is 12.2. The number of carbonyl (C=O) groups excluding carboxylic acids is 1. The molecule has 5 nitrogen and oxygen atoms in total. The molecule has 2 aromatic carbocycles. The Hall–Kier alpha value is -2.50. The van der Waals surface area contributed by atoms with Gasteiger partial charge >= 0.3 is 0 Å². The molecule has 0 bridgehead atoms. The van der Waals surface area contributed by atoms with Crippen LogP contribution in [0.1, 0.15) is 43.0 Å². The summed E-state index contributed by atoms with van der Waals surface area (Å²) in [5, 5.41) is 4.13. The van der Waals surface area contributed by atoms with E-state index in [-0.39, 0.29) is 11.3 Å². The number of carbonyl (C=O) groups is 1. The minimum absolute atomic E-state index is 0.0189. The number of amides is 1. The number of hydrogen-bond donors (Lipinski definition) is 3. The maximum Gasteiger partial charge on any atom is 0.295 e. The van der Waals surface area contributed by atoms with Gasteiger partial charge in [0.2, 0.25) is 0 Å². The number of benzene rings is 2. The molecule has 2 aromatic rings. The van der Waals surface area contributed by atoms with Gasteiger partial charge in [0.25, 0.3) is 5.91 Å². The van der Waals surface area contributed by atoms with Crippen LogP contribution >= 0.6 is 0 Å². The summed E-state index contributed by atoms with van der Waals surface area (Å²) in [5.74, 6) is -0.0189. The van der Waals surface area contributed by atoms with Gasteiger partial charge in [0.15, 0.2) is 6.54 Å². The van der Waals surface area contributed by atoms with Gasteiger partial charge in [-0.2, -0.15) is 5.10 Å². The van der Waals surface area contributed by atoms with Crippen LogP contribution in [0.5, 0.6) is 0 Å². The number of hydrazone groups is 1. The van der Waals surface area contributed by atoms with E-state index in [2.05, 4.69) is 74.6 Å². The van der Waals surface area contributed by atoms with Crippen molar-refractivity contribution >= 4 is 12.1 Å². The van der Waals surface area contributed by atoms with Gasteiger partial charge in [-0.25, -0.2) is 5.43 Å². The van der Waals surface area contributed by atoms with Gasteiger partial charge in [-0.1, -0.05) is 74.9 Å². The highest BCUT2D eigenvalue weighted by atomic mass is 16.2. The maximum atomic E-state index is 12.2. The summed E-state index contributed by atoms with van der Waals surface area (Å²) in [6, 6.07) is 17.1. The molecular formula is C25H36N4O+2. The summed E-state index contributed by atoms with van der Waals surface area (Å²) in [4.78, 5) is 15.2. The van der Waals surface area contributed by atoms with E-state index in [1.807, 2.05) is 12.1 Å². The van der Waals surface area contributed by atoms with E-state index in [4.69, 9.17) is 0 Å². The Kier molecular flexibility index (Phi) is 7.40. The Morgan fingerprint density at radius 2 is 1.57 bits per heavy atom. The fourth-order valence-corrected chi connectivity index (χ4v) is 3.82. The molecule has 3 N–H and O–H groups in total. The van der Waals surface area contributed by atoms with E-state index in [0.29, 0.717) is 6.54 Å². The minimum Gasteiger partial charge on any atom is -0.322 e. The smallest absolute Gasteiger partial charge is 0.295 e. The lowest BCUT2D eigenvalue weighted by atomic mass is 9.87. The first-order chi connectivity index (χ1) is 14.3. The molecule has 1 aliphatic heterocycles. The summed E-state index contributed by atoms with van der Waals surface area (Å²) in [6.45, 7) is 14.5. The molecule has 0 aromatic heterocycles. The molecule has 0 aliphatic carbocycles. The highest BCUT2D eigenvalue weighted by Gasteiger charge is 2.24. The molecule has 0 saturated carbocycles. The number of piperazine rings is 1. The Bertz CT molecular complexity index is 842. The van der Waals surface area contributed by atoms with Crippen LogP contribution in [0.25, 0.3) is 0 Å². The highest BCUT2D eigenvalue weighted by Crippen LogP contribution is 2.21. The van der Waals surface area contributed by atoms with Gasteiger partial charge in [-0.05, 0) is 23.5 Å². The molecule has 1 fully saturated rings. The van der Waals surface area contributed by atoms with Crippen LogP contribution in [0, 0.1) is 6.92 Å². The summed E-state index contributed by atoms with van der Waals surface area (Å²) >= 11 is 0. The average Bonchev–Trinajstić information content (AvgIpc) is 2.71. The lowest BCUT2D eigenvalue weighted by Crippen LogP contribution is -3.28. The second-order valence-electron chi connectivity index (χ2n) is 9.50. The molecule has 160 valence electrons. The number of aryl methyl sites for hydroxylation is 1. The zero-order valence-electron chi connectivity index (χ0n) is 18.8. The van der Waals surface area contributed by atoms with Crippen molar-refractivity contribution in [3.63, 3.8) is 0 Å². The predicted molar refractivity (Wildman–Crippen MR) is 122 cm³/mol. The third-order valence-corrected chi connectivity index (χ3v) is 5.83. The average molecular weight is 409 g/mol. The van der Waals surface area contributed by atoms with Crippen LogP contribution in [-0.2, 0) is 16.8 Å². The summed E-state index contributed by atoms with van der Waals surface area (Å²) < 4.78 is 0. The van der Waals surface area contributed by atoms with Crippen LogP contribution in [0.4, 0.5) is 0 Å². The number of rotatable bonds is 6. The molecule has 0 spiro atoms. The molecule has 5 heteroatoms. The molecule has 3 rings (SSSR count). The second-order valence-corrected chi connectivity index (χ2v) is 9.50. The Balaban J connectivity index is 1.38. The molecule has 1 aliphatic rings. The van der Waals surface area contributed by atoms with Crippen molar-refractivity contribution in [3.05, 3.63) is 70.8 Å². The molecule has 0 radical (unpaired) electrons. The van der Waals surface area contributed by atoms with Gasteiger partial charge in [0.05, 0.1) is 6.21 Å². The van der Waals surface area contributed by atoms with Crippen molar-refractivity contribution in [3.8, 4) is 0 Å². The minimum atomic E-state index is -0.0189. The first-order valence-corrected chi connectivity index (χ1v) is 10.9. The zero-order chi connectivity index (χ0) is 21.6. The van der Waals surface area contributed by atoms with Crippen LogP contribution in [0.2, 0.25) is 0 Å². The van der Waals surface area contributed by atoms with Crippen LogP contribution in [-0.4, -0.2) is 44.8 Å². The Morgan fingerprint density at radius 1 is 0.967 bits per heavy atom. The summed E-state index contributed by atoms with van der Waals surface area (Å²) in [6.07, 6.45) is 1.71. The third-order valence-electron chi connectivity index (χ3n) is 5.83. The molecule has 1 amide bonds. The van der Waals surface area contributed by atoms with E-state index in [0.717, 1.165) is 38.3 Å². The van der Waals surface area contributed by atoms with Crippen molar-refractivity contribution in [2.45, 2.75) is 39.7 Å². The zero-order valence-corrected chi connectivity index (χ0v) is 18.8. The van der Waals surface area contributed by atoms with E-state index in [1.54, 1.807) is 11.1 Å². The predicted octanol–water partition coefficient (Wildman–Crippen LogP) is 0.726. The van der Waals surface area contributed by atoms with Gasteiger partial charge < -0.3 is 9.80 Å². The highest BCUT2D eigenvalue weighted by molar-refractivity contribution is 5.82. The number of nitrogens with one attached hydrogen (secondary N) is 3. The fraction of sp³-hybridized carbons (Fsp3) is 0.440. The largest absolute Gasteiger partial charge is 0.322 e. The molecule has 1 saturated heterocycles. The molecule has 1 heterocycles. The number of nitrogens with zero attached hydrogens (tertiary/aromatic N) is 1. The van der Waals surface area contributed by atoms with Crippen LogP contribution < -0.4 is 15.2 Å². The first-order valence-electron chi connectivity index (χ1n) is 10.9. The second kappa shape index (κ2) is 10.0. The topological polar surface area (TPSA) is 50.3 Å². The normalized spacial score (nSPS) is 19.7. The Morgan fingerprint density at radius 3 is 2.17 bits per heavy atom. The van der Waals surface area contributed by atoms with Crippen molar-refractivity contribution < 1.29 is 14.6 Å². The molecule has 30 heavy (non-hydrogen) atoms. The number of hydrogen-bond acceptors (Lipinski definition) is 2. The Labute approximate surface area is 180 Å². The van der Waals surface area contributed by atoms with Crippen molar-refractivity contribution in [2.24, 2.45) is 5.10 Å². The third kappa shape index (κ3) is 6.78. The summed E-state index contributed by atoms with van der Waals surface area (Å²) in [5.41, 5.74) is 7.79. The van der Waals surface area contributed by atoms with Crippen LogP contribution in [0.3, 0.4) is 0 Å². The molecule has 0 unspecified atom stereocenters. The van der Waals surface area contributed by atoms with Crippen molar-refractivity contribution in [1.82, 2.24) is 5.43 Å².